The molecule has 0 aliphatic carbocycles. The molecule has 43 heavy (non-hydrogen) atoms. The highest BCUT2D eigenvalue weighted by Gasteiger charge is 2.79. The number of rotatable bonds is 11. The van der Waals surface area contributed by atoms with Crippen LogP contribution in [0.1, 0.15) is 52.0 Å². The molecule has 2 unspecified atom stereocenters. The lowest BCUT2D eigenvalue weighted by atomic mass is 9.65. The van der Waals surface area contributed by atoms with Gasteiger partial charge in [0.25, 0.3) is 0 Å². The molecule has 0 saturated carbocycles. The first-order valence-electron chi connectivity index (χ1n) is 15.3. The molecule has 1 spiro atoms. The Morgan fingerprint density at radius 1 is 1.07 bits per heavy atom. The summed E-state index contributed by atoms with van der Waals surface area (Å²) in [5.41, 5.74) is 0.401. The lowest BCUT2D eigenvalue weighted by molar-refractivity contribution is -0.151. The maximum absolute atomic E-state index is 14.5. The average molecular weight is 589 g/mol. The van der Waals surface area contributed by atoms with Crippen LogP contribution in [0.2, 0.25) is 0 Å². The first-order valence-corrected chi connectivity index (χ1v) is 15.3. The summed E-state index contributed by atoms with van der Waals surface area (Å²) in [4.78, 5) is 44.1. The van der Waals surface area contributed by atoms with Gasteiger partial charge in [-0.3, -0.25) is 14.4 Å². The van der Waals surface area contributed by atoms with E-state index < -0.39 is 41.0 Å². The molecule has 2 aromatic carbocycles. The van der Waals surface area contributed by atoms with E-state index in [0.29, 0.717) is 37.7 Å². The third-order valence-electron chi connectivity index (χ3n) is 9.63. The number of aliphatic hydroxyl groups excluding tert-OH is 1. The second-order valence-electron chi connectivity index (χ2n) is 12.5. The summed E-state index contributed by atoms with van der Waals surface area (Å²) in [6.07, 6.45) is 2.08. The zero-order chi connectivity index (χ0) is 30.4. The van der Waals surface area contributed by atoms with Crippen LogP contribution in [0.25, 0.3) is 11.0 Å². The van der Waals surface area contributed by atoms with Crippen LogP contribution in [0.4, 0.5) is 0 Å². The van der Waals surface area contributed by atoms with Gasteiger partial charge >= 0.3 is 0 Å². The first-order chi connectivity index (χ1) is 20.7. The fourth-order valence-corrected chi connectivity index (χ4v) is 7.75. The maximum Gasteiger partial charge on any atom is 0.247 e. The van der Waals surface area contributed by atoms with Gasteiger partial charge in [-0.15, -0.1) is 5.10 Å². The number of hydrogen-bond acceptors (Lipinski definition) is 7. The number of ether oxygens (including phenoxy) is 1. The summed E-state index contributed by atoms with van der Waals surface area (Å²) in [6.45, 7) is 6.08. The van der Waals surface area contributed by atoms with Gasteiger partial charge in [-0.05, 0) is 49.3 Å². The minimum absolute atomic E-state index is 0.0481. The molecule has 228 valence electrons. The Labute approximate surface area is 250 Å². The molecule has 3 aromatic rings. The first kappa shape index (κ1) is 29.3. The molecule has 11 heteroatoms. The van der Waals surface area contributed by atoms with E-state index in [0.717, 1.165) is 11.1 Å². The topological polar surface area (TPSA) is 139 Å². The van der Waals surface area contributed by atoms with E-state index in [1.165, 1.54) is 4.90 Å². The van der Waals surface area contributed by atoms with Crippen LogP contribution < -0.4 is 10.6 Å². The van der Waals surface area contributed by atoms with Crippen molar-refractivity contribution in [1.29, 1.82) is 0 Å². The molecular weight excluding hydrogens is 548 g/mol. The van der Waals surface area contributed by atoms with Gasteiger partial charge in [0.2, 0.25) is 17.7 Å². The number of likely N-dealkylation sites (tertiary alicyclic amines) is 1. The number of amides is 3. The normalized spacial score (nSPS) is 28.4. The second kappa shape index (κ2) is 11.3. The monoisotopic (exact) mass is 588 g/mol. The van der Waals surface area contributed by atoms with E-state index in [1.807, 2.05) is 75.4 Å². The molecule has 3 fully saturated rings. The van der Waals surface area contributed by atoms with E-state index in [-0.39, 0.29) is 31.0 Å². The standard InChI is InChI=1S/C32H40N6O5/c1-4-31-14-15-32(43-31)26(25(31)28(40)33-17-21-10-6-5-7-11-21)30(42)38(22(18-39)16-20(2)3)27(32)29(41)34-19-37-24-13-9-8-12-23(24)35-36-37/h5-13,20,22,25-27,39H,4,14-19H2,1-3H3,(H,33,40)(H,34,41)/t22-,25-,26+,27?,31+,32?/m1/s1. The van der Waals surface area contributed by atoms with Crippen molar-refractivity contribution < 1.29 is 24.2 Å². The number of fused-ring (bicyclic) bond motifs is 2. The minimum atomic E-state index is -1.18. The summed E-state index contributed by atoms with van der Waals surface area (Å²) in [7, 11) is 0. The van der Waals surface area contributed by atoms with Crippen molar-refractivity contribution in [3.63, 3.8) is 0 Å². The number of benzene rings is 2. The smallest absolute Gasteiger partial charge is 0.247 e. The van der Waals surface area contributed by atoms with Gasteiger partial charge in [-0.2, -0.15) is 0 Å². The van der Waals surface area contributed by atoms with Crippen LogP contribution in [0.5, 0.6) is 0 Å². The highest BCUT2D eigenvalue weighted by Crippen LogP contribution is 2.64. The van der Waals surface area contributed by atoms with Crippen LogP contribution >= 0.6 is 0 Å². The molecule has 6 rings (SSSR count). The van der Waals surface area contributed by atoms with Crippen LogP contribution in [-0.4, -0.2) is 72.6 Å². The molecule has 3 amide bonds. The Bertz CT molecular complexity index is 1510. The van der Waals surface area contributed by atoms with Crippen LogP contribution in [0.3, 0.4) is 0 Å². The Hall–Kier alpha value is -3.83. The number of para-hydroxylation sites is 1. The molecule has 2 bridgehead atoms. The zero-order valence-corrected chi connectivity index (χ0v) is 24.9. The molecule has 3 aliphatic heterocycles. The zero-order valence-electron chi connectivity index (χ0n) is 24.9. The average Bonchev–Trinajstić information content (AvgIpc) is 3.75. The molecule has 1 aromatic heterocycles. The van der Waals surface area contributed by atoms with Crippen molar-refractivity contribution in [3.05, 3.63) is 60.2 Å². The predicted octanol–water partition coefficient (Wildman–Crippen LogP) is 2.38. The summed E-state index contributed by atoms with van der Waals surface area (Å²) < 4.78 is 8.45. The van der Waals surface area contributed by atoms with Crippen molar-refractivity contribution >= 4 is 28.8 Å². The van der Waals surface area contributed by atoms with Crippen molar-refractivity contribution in [1.82, 2.24) is 30.5 Å². The van der Waals surface area contributed by atoms with Crippen molar-refractivity contribution in [3.8, 4) is 0 Å². The molecule has 11 nitrogen and oxygen atoms in total. The number of carbonyl (C=O) groups is 3. The Morgan fingerprint density at radius 3 is 2.53 bits per heavy atom. The third-order valence-corrected chi connectivity index (χ3v) is 9.63. The number of nitrogens with zero attached hydrogens (tertiary/aromatic N) is 4. The van der Waals surface area contributed by atoms with E-state index in [2.05, 4.69) is 20.9 Å². The number of aromatic nitrogens is 3. The lowest BCUT2D eigenvalue weighted by Crippen LogP contribution is -2.58. The molecule has 4 heterocycles. The van der Waals surface area contributed by atoms with Gasteiger partial charge in [0.1, 0.15) is 23.8 Å². The Morgan fingerprint density at radius 2 is 1.81 bits per heavy atom. The van der Waals surface area contributed by atoms with E-state index in [4.69, 9.17) is 4.74 Å². The summed E-state index contributed by atoms with van der Waals surface area (Å²) >= 11 is 0. The van der Waals surface area contributed by atoms with Crippen molar-refractivity contribution in [2.45, 2.75) is 83.0 Å². The number of hydrogen-bond donors (Lipinski definition) is 3. The fraction of sp³-hybridized carbons (Fsp3) is 0.531. The molecule has 3 N–H and O–H groups in total. The van der Waals surface area contributed by atoms with E-state index in [9.17, 15) is 19.5 Å². The molecule has 6 atom stereocenters. The SMILES string of the molecule is CC[C@@]12CCC3(O1)C(C(=O)NCn1nnc4ccccc41)N([C@@H](CO)CC(C)C)C(=O)[C@@H]3[C@@H]2C(=O)NCc1ccccc1. The van der Waals surface area contributed by atoms with Gasteiger partial charge in [-0.1, -0.05) is 68.4 Å². The van der Waals surface area contributed by atoms with Crippen molar-refractivity contribution in [2.75, 3.05) is 6.61 Å². The van der Waals surface area contributed by atoms with Gasteiger partial charge in [0, 0.05) is 6.54 Å². The number of nitrogens with one attached hydrogen (secondary N) is 2. The lowest BCUT2D eigenvalue weighted by Gasteiger charge is -2.37. The number of aliphatic hydroxyl groups is 1. The van der Waals surface area contributed by atoms with E-state index >= 15 is 0 Å². The molecule has 0 radical (unpaired) electrons. The Kier molecular flexibility index (Phi) is 7.72. The van der Waals surface area contributed by atoms with Crippen LogP contribution in [0, 0.1) is 17.8 Å². The summed E-state index contributed by atoms with van der Waals surface area (Å²) in [5, 5.41) is 24.9. The summed E-state index contributed by atoms with van der Waals surface area (Å²) in [6, 6.07) is 15.5. The maximum atomic E-state index is 14.5. The van der Waals surface area contributed by atoms with Gasteiger partial charge in [-0.25, -0.2) is 4.68 Å². The van der Waals surface area contributed by atoms with Crippen LogP contribution in [0.15, 0.2) is 54.6 Å². The highest BCUT2D eigenvalue weighted by molar-refractivity contribution is 5.99. The van der Waals surface area contributed by atoms with Crippen LogP contribution in [-0.2, 0) is 32.3 Å². The third kappa shape index (κ3) is 4.78. The fourth-order valence-electron chi connectivity index (χ4n) is 7.75. The second-order valence-corrected chi connectivity index (χ2v) is 12.5. The largest absolute Gasteiger partial charge is 0.394 e. The highest BCUT2D eigenvalue weighted by atomic mass is 16.5. The molecule has 3 saturated heterocycles. The van der Waals surface area contributed by atoms with E-state index in [1.54, 1.807) is 4.68 Å². The van der Waals surface area contributed by atoms with Gasteiger partial charge in [0.15, 0.2) is 0 Å². The van der Waals surface area contributed by atoms with Gasteiger partial charge in [0.05, 0.1) is 35.6 Å². The minimum Gasteiger partial charge on any atom is -0.394 e. The quantitative estimate of drug-likeness (QED) is 0.313. The predicted molar refractivity (Wildman–Crippen MR) is 158 cm³/mol. The number of carbonyl (C=O) groups excluding carboxylic acids is 3. The van der Waals surface area contributed by atoms with Crippen molar-refractivity contribution in [2.24, 2.45) is 17.8 Å². The summed E-state index contributed by atoms with van der Waals surface area (Å²) in [5.74, 6) is -2.36. The molecular formula is C32H40N6O5. The Balaban J connectivity index is 1.33. The molecule has 3 aliphatic rings. The van der Waals surface area contributed by atoms with Gasteiger partial charge < -0.3 is 25.4 Å².